The monoisotopic (exact) mass is 358 g/mol. The van der Waals surface area contributed by atoms with Crippen molar-refractivity contribution in [3.8, 4) is 0 Å². The van der Waals surface area contributed by atoms with Crippen molar-refractivity contribution in [2.75, 3.05) is 32.8 Å². The highest BCUT2D eigenvalue weighted by atomic mass is 16.5. The van der Waals surface area contributed by atoms with Gasteiger partial charge in [-0.05, 0) is 44.5 Å². The van der Waals surface area contributed by atoms with Crippen molar-refractivity contribution >= 4 is 5.91 Å². The quantitative estimate of drug-likeness (QED) is 0.787. The van der Waals surface area contributed by atoms with E-state index in [0.717, 1.165) is 37.4 Å². The third-order valence-corrected chi connectivity index (χ3v) is 5.16. The van der Waals surface area contributed by atoms with Crippen molar-refractivity contribution in [2.45, 2.75) is 39.0 Å². The molecule has 2 aliphatic heterocycles. The Morgan fingerprint density at radius 2 is 2.08 bits per heavy atom. The van der Waals surface area contributed by atoms with Gasteiger partial charge in [-0.15, -0.1) is 5.10 Å². The molecular weight excluding hydrogens is 332 g/mol. The van der Waals surface area contributed by atoms with Crippen LogP contribution in [0, 0.1) is 0 Å². The number of likely N-dealkylation sites (tertiary alicyclic amines) is 1. The lowest BCUT2D eigenvalue weighted by Crippen LogP contribution is -2.31. The van der Waals surface area contributed by atoms with E-state index < -0.39 is 0 Å². The first-order valence-electron chi connectivity index (χ1n) is 9.45. The Kier molecular flexibility index (Phi) is 5.31. The number of amides is 1. The van der Waals surface area contributed by atoms with Gasteiger partial charge < -0.3 is 19.5 Å². The van der Waals surface area contributed by atoms with Crippen molar-refractivity contribution < 1.29 is 9.53 Å². The summed E-state index contributed by atoms with van der Waals surface area (Å²) in [6, 6.07) is 3.65. The largest absolute Gasteiger partial charge is 0.374 e. The van der Waals surface area contributed by atoms with Crippen LogP contribution in [0.25, 0.3) is 0 Å². The van der Waals surface area contributed by atoms with Crippen LogP contribution in [0.3, 0.4) is 0 Å². The number of aryl methyl sites for hydroxylation is 1. The minimum absolute atomic E-state index is 0.0190. The number of carbonyl (C=O) groups excluding carboxylic acids is 1. The van der Waals surface area contributed by atoms with Gasteiger partial charge in [-0.3, -0.25) is 4.79 Å². The van der Waals surface area contributed by atoms with Gasteiger partial charge in [-0.25, -0.2) is 4.68 Å². The van der Waals surface area contributed by atoms with Crippen molar-refractivity contribution in [3.05, 3.63) is 35.4 Å². The molecule has 1 fully saturated rings. The Bertz CT molecular complexity index is 720. The minimum Gasteiger partial charge on any atom is -0.374 e. The Morgan fingerprint density at radius 3 is 2.88 bits per heavy atom. The van der Waals surface area contributed by atoms with Gasteiger partial charge in [0.2, 0.25) is 0 Å². The zero-order chi connectivity index (χ0) is 17.8. The highest BCUT2D eigenvalue weighted by Crippen LogP contribution is 2.17. The van der Waals surface area contributed by atoms with Gasteiger partial charge in [0, 0.05) is 25.8 Å². The summed E-state index contributed by atoms with van der Waals surface area (Å²) in [6.45, 7) is 6.52. The van der Waals surface area contributed by atoms with Crippen molar-refractivity contribution in [1.29, 1.82) is 0 Å². The molecule has 0 spiro atoms. The SMILES string of the molecule is O=C(c1ccc[nH]1)N1CCCn2nnc(COCCN3CCCC3)c2C1. The van der Waals surface area contributed by atoms with Crippen LogP contribution < -0.4 is 0 Å². The first-order valence-corrected chi connectivity index (χ1v) is 9.45. The smallest absolute Gasteiger partial charge is 0.270 e. The molecule has 26 heavy (non-hydrogen) atoms. The lowest BCUT2D eigenvalue weighted by molar-refractivity contribution is 0.0734. The van der Waals surface area contributed by atoms with Crippen LogP contribution >= 0.6 is 0 Å². The summed E-state index contributed by atoms with van der Waals surface area (Å²) < 4.78 is 7.77. The van der Waals surface area contributed by atoms with Gasteiger partial charge in [0.1, 0.15) is 11.4 Å². The number of nitrogens with one attached hydrogen (secondary N) is 1. The summed E-state index contributed by atoms with van der Waals surface area (Å²) in [4.78, 5) is 20.0. The maximum Gasteiger partial charge on any atom is 0.270 e. The molecule has 1 N–H and O–H groups in total. The third kappa shape index (κ3) is 3.81. The maximum atomic E-state index is 12.7. The first-order chi connectivity index (χ1) is 12.8. The summed E-state index contributed by atoms with van der Waals surface area (Å²) in [5.41, 5.74) is 2.45. The molecule has 1 saturated heterocycles. The fourth-order valence-corrected chi connectivity index (χ4v) is 3.68. The van der Waals surface area contributed by atoms with E-state index in [0.29, 0.717) is 25.5 Å². The topological polar surface area (TPSA) is 79.3 Å². The fraction of sp³-hybridized carbons (Fsp3) is 0.611. The van der Waals surface area contributed by atoms with Crippen LogP contribution in [-0.2, 0) is 24.4 Å². The molecule has 140 valence electrons. The average molecular weight is 358 g/mol. The molecule has 0 unspecified atom stereocenters. The first kappa shape index (κ1) is 17.2. The van der Waals surface area contributed by atoms with E-state index in [2.05, 4.69) is 20.2 Å². The lowest BCUT2D eigenvalue weighted by atomic mass is 10.2. The fourth-order valence-electron chi connectivity index (χ4n) is 3.68. The highest BCUT2D eigenvalue weighted by Gasteiger charge is 2.24. The molecule has 2 aromatic heterocycles. The van der Waals surface area contributed by atoms with Gasteiger partial charge in [-0.2, -0.15) is 0 Å². The maximum absolute atomic E-state index is 12.7. The summed E-state index contributed by atoms with van der Waals surface area (Å²) in [6.07, 6.45) is 5.24. The number of ether oxygens (including phenoxy) is 1. The zero-order valence-corrected chi connectivity index (χ0v) is 15.1. The highest BCUT2D eigenvalue weighted by molar-refractivity contribution is 5.92. The predicted octanol–water partition coefficient (Wildman–Crippen LogP) is 1.26. The van der Waals surface area contributed by atoms with E-state index in [1.807, 2.05) is 21.7 Å². The van der Waals surface area contributed by atoms with Crippen LogP contribution in [0.2, 0.25) is 0 Å². The molecule has 0 bridgehead atoms. The van der Waals surface area contributed by atoms with E-state index in [1.54, 1.807) is 6.20 Å². The van der Waals surface area contributed by atoms with Gasteiger partial charge in [0.25, 0.3) is 5.91 Å². The summed E-state index contributed by atoms with van der Waals surface area (Å²) >= 11 is 0. The number of nitrogens with zero attached hydrogens (tertiary/aromatic N) is 5. The summed E-state index contributed by atoms with van der Waals surface area (Å²) in [5.74, 6) is 0.0190. The molecule has 2 aliphatic rings. The number of rotatable bonds is 6. The Balaban J connectivity index is 1.37. The van der Waals surface area contributed by atoms with Crippen LogP contribution in [0.15, 0.2) is 18.3 Å². The Morgan fingerprint density at radius 1 is 1.19 bits per heavy atom. The molecule has 8 heteroatoms. The Labute approximate surface area is 153 Å². The Hall–Kier alpha value is -2.19. The van der Waals surface area contributed by atoms with Gasteiger partial charge in [-0.1, -0.05) is 5.21 Å². The molecular formula is C18H26N6O2. The third-order valence-electron chi connectivity index (χ3n) is 5.16. The van der Waals surface area contributed by atoms with Crippen molar-refractivity contribution in [1.82, 2.24) is 29.8 Å². The van der Waals surface area contributed by atoms with Crippen LogP contribution in [0.5, 0.6) is 0 Å². The van der Waals surface area contributed by atoms with Gasteiger partial charge in [0.05, 0.1) is 25.5 Å². The number of H-pyrrole nitrogens is 1. The molecule has 1 amide bonds. The van der Waals surface area contributed by atoms with Crippen molar-refractivity contribution in [2.24, 2.45) is 0 Å². The van der Waals surface area contributed by atoms with E-state index in [4.69, 9.17) is 4.74 Å². The molecule has 0 aromatic carbocycles. The average Bonchev–Trinajstić information content (AvgIpc) is 3.39. The molecule has 4 rings (SSSR count). The molecule has 0 atom stereocenters. The second-order valence-corrected chi connectivity index (χ2v) is 6.97. The molecule has 8 nitrogen and oxygen atoms in total. The molecule has 0 radical (unpaired) electrons. The number of hydrogen-bond donors (Lipinski definition) is 1. The normalized spacial score (nSPS) is 18.1. The van der Waals surface area contributed by atoms with E-state index in [1.165, 1.54) is 25.9 Å². The van der Waals surface area contributed by atoms with Gasteiger partial charge in [0.15, 0.2) is 0 Å². The second kappa shape index (κ2) is 8.01. The number of carbonyl (C=O) groups is 1. The molecule has 0 aliphatic carbocycles. The molecule has 4 heterocycles. The second-order valence-electron chi connectivity index (χ2n) is 6.97. The zero-order valence-electron chi connectivity index (χ0n) is 15.1. The van der Waals surface area contributed by atoms with E-state index in [-0.39, 0.29) is 5.91 Å². The van der Waals surface area contributed by atoms with E-state index in [9.17, 15) is 4.79 Å². The number of hydrogen-bond acceptors (Lipinski definition) is 5. The summed E-state index contributed by atoms with van der Waals surface area (Å²) in [5, 5.41) is 8.55. The molecule has 0 saturated carbocycles. The minimum atomic E-state index is 0.0190. The van der Waals surface area contributed by atoms with Crippen LogP contribution in [-0.4, -0.2) is 68.5 Å². The van der Waals surface area contributed by atoms with Crippen molar-refractivity contribution in [3.63, 3.8) is 0 Å². The predicted molar refractivity (Wildman–Crippen MR) is 95.5 cm³/mol. The van der Waals surface area contributed by atoms with Gasteiger partial charge >= 0.3 is 0 Å². The molecule has 2 aromatic rings. The number of aromatic amines is 1. The van der Waals surface area contributed by atoms with Crippen LogP contribution in [0.4, 0.5) is 0 Å². The van der Waals surface area contributed by atoms with E-state index >= 15 is 0 Å². The standard InChI is InChI=1S/C18H26N6O2/c25-18(15-5-3-6-19-15)23-9-4-10-24-17(13-23)16(20-21-24)14-26-12-11-22-7-1-2-8-22/h3,5-6,19H,1-2,4,7-14H2. The lowest BCUT2D eigenvalue weighted by Gasteiger charge is -2.19. The number of fused-ring (bicyclic) bond motifs is 1. The summed E-state index contributed by atoms with van der Waals surface area (Å²) in [7, 11) is 0. The van der Waals surface area contributed by atoms with Crippen LogP contribution in [0.1, 0.15) is 41.1 Å². The number of aromatic nitrogens is 4.